The van der Waals surface area contributed by atoms with Crippen LogP contribution in [0.15, 0.2) is 55.0 Å². The molecule has 4 rings (SSSR count). The lowest BCUT2D eigenvalue weighted by Gasteiger charge is -2.16. The van der Waals surface area contributed by atoms with Crippen LogP contribution in [-0.2, 0) is 0 Å². The normalized spacial score (nSPS) is 11.9. The summed E-state index contributed by atoms with van der Waals surface area (Å²) in [5.41, 5.74) is 8.91. The number of nitrogens with two attached hydrogens (primary N) is 1. The van der Waals surface area contributed by atoms with Crippen molar-refractivity contribution in [2.45, 2.75) is 13.0 Å². The predicted molar refractivity (Wildman–Crippen MR) is 104 cm³/mol. The van der Waals surface area contributed by atoms with Gasteiger partial charge in [0.25, 0.3) is 0 Å². The van der Waals surface area contributed by atoms with E-state index in [9.17, 15) is 9.65 Å². The zero-order valence-electron chi connectivity index (χ0n) is 15.0. The van der Waals surface area contributed by atoms with Gasteiger partial charge in [-0.3, -0.25) is 4.40 Å². The van der Waals surface area contributed by atoms with Gasteiger partial charge < -0.3 is 11.1 Å². The standard InChI is InChI=1S/C20H16FN7/c1-12(26-20-15(9-22)19(23)24-11-25-20)17-18(13-5-3-2-4-6-13)28-10-14(21)7-8-16(28)27-17/h2-8,10-12H,1H3,(H3,23,24,25,26). The molecule has 0 aliphatic carbocycles. The third-order valence-corrected chi connectivity index (χ3v) is 4.41. The number of anilines is 2. The molecule has 1 atom stereocenters. The molecule has 0 saturated carbocycles. The molecule has 1 unspecified atom stereocenters. The second-order valence-corrected chi connectivity index (χ2v) is 6.25. The van der Waals surface area contributed by atoms with E-state index in [0.717, 1.165) is 11.3 Å². The first-order chi connectivity index (χ1) is 13.6. The largest absolute Gasteiger partial charge is 0.382 e. The lowest BCUT2D eigenvalue weighted by atomic mass is 10.1. The number of nitrogens with one attached hydrogen (secondary N) is 1. The highest BCUT2D eigenvalue weighted by Crippen LogP contribution is 2.31. The summed E-state index contributed by atoms with van der Waals surface area (Å²) in [4.78, 5) is 12.7. The highest BCUT2D eigenvalue weighted by atomic mass is 19.1. The summed E-state index contributed by atoms with van der Waals surface area (Å²) in [6.45, 7) is 1.89. The van der Waals surface area contributed by atoms with Crippen molar-refractivity contribution in [1.82, 2.24) is 19.4 Å². The summed E-state index contributed by atoms with van der Waals surface area (Å²) < 4.78 is 15.6. The van der Waals surface area contributed by atoms with Crippen LogP contribution in [0.3, 0.4) is 0 Å². The minimum atomic E-state index is -0.357. The number of aromatic nitrogens is 4. The van der Waals surface area contributed by atoms with Crippen molar-refractivity contribution in [3.8, 4) is 17.3 Å². The minimum Gasteiger partial charge on any atom is -0.382 e. The maximum atomic E-state index is 13.9. The fourth-order valence-electron chi connectivity index (χ4n) is 3.11. The van der Waals surface area contributed by atoms with Gasteiger partial charge in [-0.1, -0.05) is 30.3 Å². The lowest BCUT2D eigenvalue weighted by molar-refractivity contribution is 0.619. The Bertz CT molecular complexity index is 1190. The number of imidazole rings is 1. The highest BCUT2D eigenvalue weighted by Gasteiger charge is 2.21. The molecule has 28 heavy (non-hydrogen) atoms. The smallest absolute Gasteiger partial charge is 0.150 e. The van der Waals surface area contributed by atoms with Crippen LogP contribution < -0.4 is 11.1 Å². The van der Waals surface area contributed by atoms with Gasteiger partial charge >= 0.3 is 0 Å². The molecule has 0 saturated heterocycles. The van der Waals surface area contributed by atoms with E-state index in [-0.39, 0.29) is 23.2 Å². The number of rotatable bonds is 4. The van der Waals surface area contributed by atoms with Gasteiger partial charge in [0.05, 0.1) is 17.4 Å². The third kappa shape index (κ3) is 2.99. The highest BCUT2D eigenvalue weighted by molar-refractivity contribution is 5.69. The topological polar surface area (TPSA) is 105 Å². The minimum absolute atomic E-state index is 0.104. The molecule has 0 fully saturated rings. The zero-order chi connectivity index (χ0) is 19.7. The number of fused-ring (bicyclic) bond motifs is 1. The lowest BCUT2D eigenvalue weighted by Crippen LogP contribution is -2.12. The Labute approximate surface area is 160 Å². The molecule has 0 radical (unpaired) electrons. The maximum absolute atomic E-state index is 13.9. The van der Waals surface area contributed by atoms with Crippen LogP contribution in [0.5, 0.6) is 0 Å². The van der Waals surface area contributed by atoms with E-state index in [1.54, 1.807) is 10.5 Å². The number of nitriles is 1. The molecular formula is C20H16FN7. The van der Waals surface area contributed by atoms with Crippen molar-refractivity contribution in [3.05, 3.63) is 72.1 Å². The van der Waals surface area contributed by atoms with Crippen LogP contribution in [0.4, 0.5) is 16.0 Å². The summed E-state index contributed by atoms with van der Waals surface area (Å²) in [6.07, 6.45) is 2.70. The first kappa shape index (κ1) is 17.4. The van der Waals surface area contributed by atoms with Crippen molar-refractivity contribution in [2.75, 3.05) is 11.1 Å². The average Bonchev–Trinajstić information content (AvgIpc) is 3.07. The van der Waals surface area contributed by atoms with Gasteiger partial charge in [0.15, 0.2) is 0 Å². The summed E-state index contributed by atoms with van der Waals surface area (Å²) in [7, 11) is 0. The van der Waals surface area contributed by atoms with Crippen LogP contribution in [0.2, 0.25) is 0 Å². The molecule has 0 spiro atoms. The number of pyridine rings is 1. The number of nitrogen functional groups attached to an aromatic ring is 1. The van der Waals surface area contributed by atoms with Gasteiger partial charge in [-0.05, 0) is 19.1 Å². The molecule has 0 aliphatic rings. The number of halogens is 1. The Balaban J connectivity index is 1.85. The molecule has 1 aromatic carbocycles. The second kappa shape index (κ2) is 6.96. The Morgan fingerprint density at radius 2 is 1.96 bits per heavy atom. The Hall–Kier alpha value is -3.99. The van der Waals surface area contributed by atoms with Gasteiger partial charge in [-0.25, -0.2) is 19.3 Å². The number of benzene rings is 1. The van der Waals surface area contributed by atoms with Crippen LogP contribution in [0, 0.1) is 17.1 Å². The number of nitrogens with zero attached hydrogens (tertiary/aromatic N) is 5. The van der Waals surface area contributed by atoms with E-state index < -0.39 is 0 Å². The van der Waals surface area contributed by atoms with Crippen molar-refractivity contribution in [3.63, 3.8) is 0 Å². The Morgan fingerprint density at radius 3 is 2.71 bits per heavy atom. The van der Waals surface area contributed by atoms with Crippen molar-refractivity contribution in [1.29, 1.82) is 5.26 Å². The van der Waals surface area contributed by atoms with Gasteiger partial charge in [0.1, 0.15) is 41.1 Å². The molecular weight excluding hydrogens is 357 g/mol. The van der Waals surface area contributed by atoms with E-state index in [2.05, 4.69) is 20.3 Å². The van der Waals surface area contributed by atoms with Crippen LogP contribution in [0.25, 0.3) is 16.9 Å². The van der Waals surface area contributed by atoms with Crippen molar-refractivity contribution >= 4 is 17.3 Å². The quantitative estimate of drug-likeness (QED) is 0.567. The van der Waals surface area contributed by atoms with Crippen LogP contribution in [-0.4, -0.2) is 19.4 Å². The van der Waals surface area contributed by atoms with Crippen LogP contribution in [0.1, 0.15) is 24.2 Å². The summed E-state index contributed by atoms with van der Waals surface area (Å²) >= 11 is 0. The van der Waals surface area contributed by atoms with Gasteiger partial charge in [0, 0.05) is 11.8 Å². The molecule has 0 bridgehead atoms. The SMILES string of the molecule is CC(Nc1ncnc(N)c1C#N)c1nc2ccc(F)cn2c1-c1ccccc1. The van der Waals surface area contributed by atoms with Crippen molar-refractivity contribution in [2.24, 2.45) is 0 Å². The summed E-state index contributed by atoms with van der Waals surface area (Å²) in [5.74, 6) is 0.0712. The zero-order valence-corrected chi connectivity index (χ0v) is 15.0. The first-order valence-electron chi connectivity index (χ1n) is 8.58. The number of hydrogen-bond donors (Lipinski definition) is 2. The van der Waals surface area contributed by atoms with Gasteiger partial charge in [0.2, 0.25) is 0 Å². The molecule has 4 aromatic rings. The van der Waals surface area contributed by atoms with E-state index in [1.165, 1.54) is 18.6 Å². The molecule has 0 amide bonds. The van der Waals surface area contributed by atoms with Gasteiger partial charge in [-0.2, -0.15) is 5.26 Å². The summed E-state index contributed by atoms with van der Waals surface area (Å²) in [5, 5.41) is 12.5. The monoisotopic (exact) mass is 373 g/mol. The number of hydrogen-bond acceptors (Lipinski definition) is 6. The molecule has 8 heteroatoms. The molecule has 0 aliphatic heterocycles. The second-order valence-electron chi connectivity index (χ2n) is 6.25. The fourth-order valence-corrected chi connectivity index (χ4v) is 3.11. The van der Waals surface area contributed by atoms with E-state index in [0.29, 0.717) is 17.2 Å². The Kier molecular flexibility index (Phi) is 4.33. The Morgan fingerprint density at radius 1 is 1.18 bits per heavy atom. The van der Waals surface area contributed by atoms with Crippen molar-refractivity contribution < 1.29 is 4.39 Å². The van der Waals surface area contributed by atoms with E-state index >= 15 is 0 Å². The van der Waals surface area contributed by atoms with E-state index in [4.69, 9.17) is 5.73 Å². The molecule has 138 valence electrons. The average molecular weight is 373 g/mol. The molecule has 3 aromatic heterocycles. The first-order valence-corrected chi connectivity index (χ1v) is 8.58. The van der Waals surface area contributed by atoms with Crippen LogP contribution >= 0.6 is 0 Å². The predicted octanol–water partition coefficient (Wildman–Crippen LogP) is 3.56. The van der Waals surface area contributed by atoms with Gasteiger partial charge in [-0.15, -0.1) is 0 Å². The molecule has 3 N–H and O–H groups in total. The maximum Gasteiger partial charge on any atom is 0.150 e. The van der Waals surface area contributed by atoms with E-state index in [1.807, 2.05) is 43.3 Å². The molecule has 7 nitrogen and oxygen atoms in total. The summed E-state index contributed by atoms with van der Waals surface area (Å²) in [6, 6.07) is 14.3. The third-order valence-electron chi connectivity index (χ3n) is 4.41. The fraction of sp³-hybridized carbons (Fsp3) is 0.100. The molecule has 3 heterocycles.